The molecule has 2 aromatic rings. The van der Waals surface area contributed by atoms with Gasteiger partial charge in [-0.1, -0.05) is 0 Å². The van der Waals surface area contributed by atoms with Gasteiger partial charge in [0, 0.05) is 12.4 Å². The van der Waals surface area contributed by atoms with Gasteiger partial charge in [0.05, 0.1) is 16.9 Å². The van der Waals surface area contributed by atoms with E-state index in [0.717, 1.165) is 6.07 Å². The lowest BCUT2D eigenvalue weighted by atomic mass is 10.2. The highest BCUT2D eigenvalue weighted by Crippen LogP contribution is 2.21. The van der Waals surface area contributed by atoms with Crippen LogP contribution in [0.3, 0.4) is 0 Å². The summed E-state index contributed by atoms with van der Waals surface area (Å²) in [5, 5.41) is 2.11. The Kier molecular flexibility index (Phi) is 3.85. The fourth-order valence-corrected chi connectivity index (χ4v) is 1.51. The SMILES string of the molecule is NNc1ccncc1C(=O)Nc1ccc(F)c(F)c1F. The largest absolute Gasteiger partial charge is 0.323 e. The second-order valence-corrected chi connectivity index (χ2v) is 3.74. The van der Waals surface area contributed by atoms with Gasteiger partial charge in [-0.3, -0.25) is 15.6 Å². The zero-order chi connectivity index (χ0) is 14.7. The normalized spacial score (nSPS) is 10.2. The quantitative estimate of drug-likeness (QED) is 0.457. The summed E-state index contributed by atoms with van der Waals surface area (Å²) in [4.78, 5) is 15.6. The van der Waals surface area contributed by atoms with Crippen molar-refractivity contribution < 1.29 is 18.0 Å². The number of anilines is 2. The fraction of sp³-hybridized carbons (Fsp3) is 0. The van der Waals surface area contributed by atoms with Crippen LogP contribution in [0.5, 0.6) is 0 Å². The average molecular weight is 282 g/mol. The van der Waals surface area contributed by atoms with Gasteiger partial charge in [-0.05, 0) is 18.2 Å². The number of hydrazine groups is 1. The van der Waals surface area contributed by atoms with Gasteiger partial charge in [-0.15, -0.1) is 0 Å². The van der Waals surface area contributed by atoms with E-state index in [1.54, 1.807) is 0 Å². The van der Waals surface area contributed by atoms with Crippen molar-refractivity contribution in [1.82, 2.24) is 4.98 Å². The molecule has 0 bridgehead atoms. The topological polar surface area (TPSA) is 80.0 Å². The summed E-state index contributed by atoms with van der Waals surface area (Å²) in [6, 6.07) is 3.05. The van der Waals surface area contributed by atoms with E-state index in [1.165, 1.54) is 18.5 Å². The summed E-state index contributed by atoms with van der Waals surface area (Å²) >= 11 is 0. The van der Waals surface area contributed by atoms with Gasteiger partial charge in [0.25, 0.3) is 5.91 Å². The number of pyridine rings is 1. The Balaban J connectivity index is 2.31. The lowest BCUT2D eigenvalue weighted by Gasteiger charge is -2.10. The molecule has 1 amide bonds. The Morgan fingerprint density at radius 1 is 1.10 bits per heavy atom. The molecule has 0 saturated heterocycles. The number of carbonyl (C=O) groups excluding carboxylic acids is 1. The van der Waals surface area contributed by atoms with Gasteiger partial charge in [0.2, 0.25) is 0 Å². The van der Waals surface area contributed by atoms with Gasteiger partial charge in [0.15, 0.2) is 17.5 Å². The molecule has 0 aliphatic carbocycles. The van der Waals surface area contributed by atoms with Crippen molar-refractivity contribution in [3.63, 3.8) is 0 Å². The van der Waals surface area contributed by atoms with Crippen molar-refractivity contribution >= 4 is 17.3 Å². The molecule has 4 N–H and O–H groups in total. The lowest BCUT2D eigenvalue weighted by molar-refractivity contribution is 0.102. The van der Waals surface area contributed by atoms with Crippen LogP contribution in [0.1, 0.15) is 10.4 Å². The summed E-state index contributed by atoms with van der Waals surface area (Å²) < 4.78 is 39.3. The molecule has 0 fully saturated rings. The summed E-state index contributed by atoms with van der Waals surface area (Å²) in [6.45, 7) is 0. The molecule has 1 aromatic carbocycles. The number of halogens is 3. The number of benzene rings is 1. The predicted molar refractivity (Wildman–Crippen MR) is 66.3 cm³/mol. The van der Waals surface area contributed by atoms with E-state index in [0.29, 0.717) is 6.07 Å². The first kappa shape index (κ1) is 13.8. The Morgan fingerprint density at radius 3 is 2.55 bits per heavy atom. The molecular formula is C12H9F3N4O. The summed E-state index contributed by atoms with van der Waals surface area (Å²) in [5.74, 6) is -0.0378. The van der Waals surface area contributed by atoms with Gasteiger partial charge in [0.1, 0.15) is 0 Å². The number of carbonyl (C=O) groups is 1. The highest BCUT2D eigenvalue weighted by atomic mass is 19.2. The molecule has 0 unspecified atom stereocenters. The van der Waals surface area contributed by atoms with Crippen molar-refractivity contribution in [2.75, 3.05) is 10.7 Å². The van der Waals surface area contributed by atoms with Crippen molar-refractivity contribution in [3.05, 3.63) is 53.6 Å². The number of aromatic nitrogens is 1. The molecule has 0 atom stereocenters. The van der Waals surface area contributed by atoms with Gasteiger partial charge in [-0.25, -0.2) is 13.2 Å². The van der Waals surface area contributed by atoms with Crippen LogP contribution in [0.2, 0.25) is 0 Å². The maximum absolute atomic E-state index is 13.4. The smallest absolute Gasteiger partial charge is 0.259 e. The highest BCUT2D eigenvalue weighted by molar-refractivity contribution is 6.07. The monoisotopic (exact) mass is 282 g/mol. The lowest BCUT2D eigenvalue weighted by Crippen LogP contribution is -2.18. The first-order valence-corrected chi connectivity index (χ1v) is 5.40. The van der Waals surface area contributed by atoms with E-state index in [1.807, 2.05) is 0 Å². The van der Waals surface area contributed by atoms with E-state index in [9.17, 15) is 18.0 Å². The maximum Gasteiger partial charge on any atom is 0.259 e. The van der Waals surface area contributed by atoms with Crippen LogP contribution in [-0.4, -0.2) is 10.9 Å². The predicted octanol–water partition coefficient (Wildman–Crippen LogP) is 2.04. The van der Waals surface area contributed by atoms with Crippen LogP contribution < -0.4 is 16.6 Å². The van der Waals surface area contributed by atoms with Gasteiger partial charge >= 0.3 is 0 Å². The molecule has 0 aliphatic rings. The molecule has 104 valence electrons. The first-order chi connectivity index (χ1) is 9.54. The van der Waals surface area contributed by atoms with Crippen molar-refractivity contribution in [2.24, 2.45) is 5.84 Å². The number of nitrogens with zero attached hydrogens (tertiary/aromatic N) is 1. The third kappa shape index (κ3) is 2.54. The number of nitrogen functional groups attached to an aromatic ring is 1. The molecule has 0 spiro atoms. The summed E-state index contributed by atoms with van der Waals surface area (Å²) in [5.41, 5.74) is 2.06. The minimum absolute atomic E-state index is 0.0270. The minimum Gasteiger partial charge on any atom is -0.323 e. The van der Waals surface area contributed by atoms with E-state index in [2.05, 4.69) is 15.7 Å². The maximum atomic E-state index is 13.4. The van der Waals surface area contributed by atoms with Crippen LogP contribution in [-0.2, 0) is 0 Å². The average Bonchev–Trinajstić information content (AvgIpc) is 2.47. The molecule has 1 heterocycles. The van der Waals surface area contributed by atoms with Crippen molar-refractivity contribution in [1.29, 1.82) is 0 Å². The second kappa shape index (κ2) is 5.57. The Bertz CT molecular complexity index is 663. The van der Waals surface area contributed by atoms with Crippen molar-refractivity contribution in [3.8, 4) is 0 Å². The zero-order valence-electron chi connectivity index (χ0n) is 9.95. The number of rotatable bonds is 3. The molecule has 5 nitrogen and oxygen atoms in total. The third-order valence-corrected chi connectivity index (χ3v) is 2.50. The molecule has 2 rings (SSSR count). The molecule has 0 radical (unpaired) electrons. The second-order valence-electron chi connectivity index (χ2n) is 3.74. The molecular weight excluding hydrogens is 273 g/mol. The van der Waals surface area contributed by atoms with E-state index in [4.69, 9.17) is 5.84 Å². The van der Waals surface area contributed by atoms with Gasteiger partial charge < -0.3 is 10.7 Å². The van der Waals surface area contributed by atoms with E-state index in [-0.39, 0.29) is 11.3 Å². The first-order valence-electron chi connectivity index (χ1n) is 5.40. The van der Waals surface area contributed by atoms with Crippen molar-refractivity contribution in [2.45, 2.75) is 0 Å². The van der Waals surface area contributed by atoms with Crippen LogP contribution in [0.15, 0.2) is 30.6 Å². The molecule has 0 aliphatic heterocycles. The third-order valence-electron chi connectivity index (χ3n) is 2.50. The fourth-order valence-electron chi connectivity index (χ4n) is 1.51. The number of hydrogen-bond acceptors (Lipinski definition) is 4. The number of amides is 1. The summed E-state index contributed by atoms with van der Waals surface area (Å²) in [7, 11) is 0. The highest BCUT2D eigenvalue weighted by Gasteiger charge is 2.17. The van der Waals surface area contributed by atoms with Gasteiger partial charge in [-0.2, -0.15) is 0 Å². The Hall–Kier alpha value is -2.61. The molecule has 1 aromatic heterocycles. The Morgan fingerprint density at radius 2 is 1.85 bits per heavy atom. The number of nitrogens with two attached hydrogens (primary N) is 1. The number of nitrogens with one attached hydrogen (secondary N) is 2. The van der Waals surface area contributed by atoms with E-state index < -0.39 is 29.0 Å². The minimum atomic E-state index is -1.66. The molecule has 8 heteroatoms. The zero-order valence-corrected chi connectivity index (χ0v) is 9.95. The summed E-state index contributed by atoms with van der Waals surface area (Å²) in [6.07, 6.45) is 2.59. The molecule has 0 saturated carbocycles. The van der Waals surface area contributed by atoms with E-state index >= 15 is 0 Å². The number of hydrogen-bond donors (Lipinski definition) is 3. The van der Waals surface area contributed by atoms with Crippen LogP contribution >= 0.6 is 0 Å². The molecule has 20 heavy (non-hydrogen) atoms. The van der Waals surface area contributed by atoms with Crippen LogP contribution in [0, 0.1) is 17.5 Å². The van der Waals surface area contributed by atoms with Crippen LogP contribution in [0.25, 0.3) is 0 Å². The standard InChI is InChI=1S/C12H9F3N4O/c13-7-1-2-9(11(15)10(7)14)18-12(20)6-5-17-4-3-8(6)19-16/h1-5H,16H2,(H,17,19)(H,18,20). The van der Waals surface area contributed by atoms with Crippen LogP contribution in [0.4, 0.5) is 24.5 Å². The Labute approximate surface area is 111 Å².